The van der Waals surface area contributed by atoms with Gasteiger partial charge < -0.3 is 14.0 Å². The normalized spacial score (nSPS) is 18.6. The number of rotatable bonds is 3. The van der Waals surface area contributed by atoms with Crippen LogP contribution in [0.4, 0.5) is 4.79 Å². The van der Waals surface area contributed by atoms with Crippen molar-refractivity contribution in [2.24, 2.45) is 0 Å². The van der Waals surface area contributed by atoms with Crippen LogP contribution in [0.15, 0.2) is 29.1 Å². The van der Waals surface area contributed by atoms with Crippen molar-refractivity contribution < 1.29 is 19.1 Å². The summed E-state index contributed by atoms with van der Waals surface area (Å²) in [4.78, 5) is 43.7. The van der Waals surface area contributed by atoms with Crippen molar-refractivity contribution in [1.29, 1.82) is 0 Å². The molecule has 0 radical (unpaired) electrons. The Balaban J connectivity index is 1.80. The van der Waals surface area contributed by atoms with E-state index in [1.807, 2.05) is 18.2 Å². The Morgan fingerprint density at radius 3 is 2.64 bits per heavy atom. The number of nitrogens with zero attached hydrogens (tertiary/aromatic N) is 2. The molecule has 5 rings (SSSR count). The lowest BCUT2D eigenvalue weighted by molar-refractivity contribution is -0.143. The number of fused-ring (bicyclic) bond motifs is 5. The van der Waals surface area contributed by atoms with Crippen LogP contribution in [0.1, 0.15) is 54.5 Å². The van der Waals surface area contributed by atoms with Gasteiger partial charge in [-0.15, -0.1) is 0 Å². The number of methoxy groups -OCH3 is 1. The number of ketones is 1. The molecule has 0 spiro atoms. The minimum Gasteiger partial charge on any atom is -0.438 e. The topological polar surface area (TPSA) is 87.5 Å². The van der Waals surface area contributed by atoms with Gasteiger partial charge in [0, 0.05) is 28.5 Å². The summed E-state index contributed by atoms with van der Waals surface area (Å²) in [5, 5.41) is 1.11. The molecule has 7 nitrogen and oxygen atoms in total. The number of Topliss-reactive ketones (excluding diaryl/α,β-unsaturated/α-hetero) is 1. The van der Waals surface area contributed by atoms with E-state index in [2.05, 4.69) is 19.9 Å². The molecule has 0 saturated heterocycles. The van der Waals surface area contributed by atoms with Gasteiger partial charge in [0.25, 0.3) is 5.56 Å². The van der Waals surface area contributed by atoms with Crippen LogP contribution < -0.4 is 5.56 Å². The number of hydrogen-bond donors (Lipinski definition) is 0. The first-order valence-corrected chi connectivity index (χ1v) is 11.3. The molecule has 0 saturated carbocycles. The van der Waals surface area contributed by atoms with Crippen LogP contribution in [0.25, 0.3) is 22.3 Å². The van der Waals surface area contributed by atoms with Gasteiger partial charge in [-0.1, -0.05) is 25.5 Å². The monoisotopic (exact) mass is 446 g/mol. The Hall–Kier alpha value is -3.48. The average molecular weight is 447 g/mol. The Labute approximate surface area is 191 Å². The van der Waals surface area contributed by atoms with Crippen molar-refractivity contribution in [2.45, 2.75) is 58.6 Å². The lowest BCUT2D eigenvalue weighted by Gasteiger charge is -2.35. The Morgan fingerprint density at radius 1 is 1.15 bits per heavy atom. The van der Waals surface area contributed by atoms with E-state index in [1.165, 1.54) is 12.7 Å². The molecule has 1 aliphatic heterocycles. The highest BCUT2D eigenvalue weighted by Crippen LogP contribution is 2.42. The van der Waals surface area contributed by atoms with Crippen LogP contribution in [-0.2, 0) is 39.3 Å². The molecule has 1 aromatic carbocycles. The summed E-state index contributed by atoms with van der Waals surface area (Å²) in [6.07, 6.45) is 0.558. The molecular weight excluding hydrogens is 420 g/mol. The number of benzene rings is 1. The molecule has 2 aliphatic rings. The Bertz CT molecular complexity index is 1400. The van der Waals surface area contributed by atoms with Gasteiger partial charge in [-0.3, -0.25) is 9.59 Å². The lowest BCUT2D eigenvalue weighted by atomic mass is 9.76. The van der Waals surface area contributed by atoms with Crippen LogP contribution in [-0.4, -0.2) is 28.6 Å². The van der Waals surface area contributed by atoms with E-state index in [4.69, 9.17) is 14.5 Å². The maximum absolute atomic E-state index is 13.6. The first kappa shape index (κ1) is 21.4. The highest BCUT2D eigenvalue weighted by molar-refractivity contribution is 5.93. The van der Waals surface area contributed by atoms with Crippen molar-refractivity contribution >= 4 is 22.8 Å². The van der Waals surface area contributed by atoms with Gasteiger partial charge in [-0.05, 0) is 49.9 Å². The summed E-state index contributed by atoms with van der Waals surface area (Å²) in [7, 11) is 1.21. The summed E-state index contributed by atoms with van der Waals surface area (Å²) in [5.74, 6) is -0.221. The summed E-state index contributed by atoms with van der Waals surface area (Å²) in [5.41, 5.74) is 4.97. The predicted octanol–water partition coefficient (Wildman–Crippen LogP) is 4.20. The number of aromatic nitrogens is 2. The van der Waals surface area contributed by atoms with E-state index in [-0.39, 0.29) is 24.2 Å². The van der Waals surface area contributed by atoms with E-state index in [9.17, 15) is 14.4 Å². The van der Waals surface area contributed by atoms with Crippen LogP contribution in [0.2, 0.25) is 0 Å². The highest BCUT2D eigenvalue weighted by Gasteiger charge is 2.48. The zero-order valence-corrected chi connectivity index (χ0v) is 19.3. The van der Waals surface area contributed by atoms with Gasteiger partial charge in [0.15, 0.2) is 11.4 Å². The molecular formula is C26H26N2O5. The van der Waals surface area contributed by atoms with E-state index >= 15 is 0 Å². The predicted molar refractivity (Wildman–Crippen MR) is 123 cm³/mol. The first-order valence-electron chi connectivity index (χ1n) is 11.3. The molecule has 0 bridgehead atoms. The fraction of sp³-hybridized carbons (Fsp3) is 0.385. The second-order valence-corrected chi connectivity index (χ2v) is 8.76. The second kappa shape index (κ2) is 7.54. The maximum Gasteiger partial charge on any atom is 0.509 e. The first-order chi connectivity index (χ1) is 15.8. The summed E-state index contributed by atoms with van der Waals surface area (Å²) in [6, 6.07) is 8.01. The molecule has 0 amide bonds. The average Bonchev–Trinajstić information content (AvgIpc) is 3.18. The molecule has 2 aromatic heterocycles. The molecule has 1 atom stereocenters. The molecule has 0 N–H and O–H groups in total. The van der Waals surface area contributed by atoms with E-state index in [1.54, 1.807) is 11.5 Å². The van der Waals surface area contributed by atoms with Crippen molar-refractivity contribution in [3.8, 4) is 11.4 Å². The highest BCUT2D eigenvalue weighted by atomic mass is 16.7. The maximum atomic E-state index is 13.6. The van der Waals surface area contributed by atoms with Crippen LogP contribution in [0, 0.1) is 6.92 Å². The van der Waals surface area contributed by atoms with Gasteiger partial charge in [-0.2, -0.15) is 0 Å². The molecule has 3 heterocycles. The van der Waals surface area contributed by atoms with Gasteiger partial charge in [0.1, 0.15) is 0 Å². The molecule has 33 heavy (non-hydrogen) atoms. The number of hydrogen-bond acceptors (Lipinski definition) is 6. The molecule has 1 aliphatic carbocycles. The number of carbonyl (C=O) groups is 2. The molecule has 170 valence electrons. The van der Waals surface area contributed by atoms with Gasteiger partial charge in [0.2, 0.25) is 0 Å². The van der Waals surface area contributed by atoms with Crippen LogP contribution in [0.5, 0.6) is 0 Å². The van der Waals surface area contributed by atoms with Gasteiger partial charge in [0.05, 0.1) is 30.6 Å². The Morgan fingerprint density at radius 2 is 1.94 bits per heavy atom. The zero-order valence-electron chi connectivity index (χ0n) is 19.3. The number of ether oxygens (including phenoxy) is 2. The Kier molecular flexibility index (Phi) is 4.88. The van der Waals surface area contributed by atoms with Crippen LogP contribution in [0.3, 0.4) is 0 Å². The van der Waals surface area contributed by atoms with Crippen molar-refractivity contribution in [1.82, 2.24) is 9.55 Å². The molecule has 1 unspecified atom stereocenters. The largest absolute Gasteiger partial charge is 0.509 e. The van der Waals surface area contributed by atoms with Crippen LogP contribution >= 0.6 is 0 Å². The molecule has 0 fully saturated rings. The number of pyridine rings is 2. The van der Waals surface area contributed by atoms with E-state index in [0.717, 1.165) is 34.1 Å². The minimum atomic E-state index is -1.53. The van der Waals surface area contributed by atoms with Gasteiger partial charge in [-0.25, -0.2) is 9.78 Å². The third-order valence-electron chi connectivity index (χ3n) is 7.08. The zero-order chi connectivity index (χ0) is 23.5. The fourth-order valence-corrected chi connectivity index (χ4v) is 5.42. The van der Waals surface area contributed by atoms with Crippen molar-refractivity contribution in [3.63, 3.8) is 0 Å². The third kappa shape index (κ3) is 2.95. The third-order valence-corrected chi connectivity index (χ3v) is 7.08. The summed E-state index contributed by atoms with van der Waals surface area (Å²) in [6.45, 7) is 6.39. The van der Waals surface area contributed by atoms with Crippen molar-refractivity contribution in [3.05, 3.63) is 62.4 Å². The molecule has 3 aromatic rings. The minimum absolute atomic E-state index is 0.140. The lowest BCUT2D eigenvalue weighted by Crippen LogP contribution is -2.46. The SMILES string of the molecule is CCc1c2c(nc3ccc(C)cc13)-c1cc3c(c(=O)n1C2)CCC(=O)C3(CC)OC(=O)OC. The van der Waals surface area contributed by atoms with Gasteiger partial charge >= 0.3 is 6.16 Å². The smallest absolute Gasteiger partial charge is 0.438 e. The fourth-order valence-electron chi connectivity index (χ4n) is 5.42. The molecule has 7 heteroatoms. The quantitative estimate of drug-likeness (QED) is 0.439. The van der Waals surface area contributed by atoms with E-state index in [0.29, 0.717) is 29.8 Å². The summed E-state index contributed by atoms with van der Waals surface area (Å²) < 4.78 is 12.0. The summed E-state index contributed by atoms with van der Waals surface area (Å²) >= 11 is 0. The second-order valence-electron chi connectivity index (χ2n) is 8.76. The number of carbonyl (C=O) groups excluding carboxylic acids is 2. The van der Waals surface area contributed by atoms with E-state index < -0.39 is 11.8 Å². The standard InChI is InChI=1S/C26H26N2O5/c1-5-15-17-11-14(3)7-9-20(17)27-23-18(15)13-28-21(23)12-19-16(24(28)30)8-10-22(29)26(19,6-2)33-25(31)32-4/h7,9,11-12H,5-6,8,10,13H2,1-4H3. The number of aryl methyl sites for hydroxylation is 2. The van der Waals surface area contributed by atoms with Crippen molar-refractivity contribution in [2.75, 3.05) is 7.11 Å².